The zero-order valence-electron chi connectivity index (χ0n) is 10.0. The van der Waals surface area contributed by atoms with Crippen LogP contribution in [-0.4, -0.2) is 5.11 Å². The Hall–Kier alpha value is -1.19. The molecule has 0 aliphatic heterocycles. The first-order valence-electron chi connectivity index (χ1n) is 5.70. The zero-order chi connectivity index (χ0) is 12.3. The molecule has 3 heteroatoms. The number of aliphatic hydroxyl groups excluding tert-OH is 1. The van der Waals surface area contributed by atoms with Crippen molar-refractivity contribution in [3.63, 3.8) is 0 Å². The number of benzene rings is 1. The number of aryl methyl sites for hydroxylation is 1. The number of furan rings is 1. The molecule has 2 rings (SSSR count). The Kier molecular flexibility index (Phi) is 3.92. The van der Waals surface area contributed by atoms with E-state index in [0.717, 1.165) is 27.5 Å². The van der Waals surface area contributed by atoms with Gasteiger partial charge in [-0.25, -0.2) is 0 Å². The highest BCUT2D eigenvalue weighted by Gasteiger charge is 2.06. The molecule has 1 heterocycles. The summed E-state index contributed by atoms with van der Waals surface area (Å²) in [5, 5.41) is 9.70. The summed E-state index contributed by atoms with van der Waals surface area (Å²) in [6.45, 7) is 3.93. The van der Waals surface area contributed by atoms with E-state index >= 15 is 0 Å². The molecule has 0 spiro atoms. The van der Waals surface area contributed by atoms with Gasteiger partial charge in [0.15, 0.2) is 0 Å². The van der Waals surface area contributed by atoms with E-state index in [1.54, 1.807) is 18.0 Å². The summed E-state index contributed by atoms with van der Waals surface area (Å²) < 4.78 is 5.26. The maximum Gasteiger partial charge on any atom is 0.114 e. The minimum atomic E-state index is -0.357. The Labute approximate surface area is 106 Å². The second-order valence-electron chi connectivity index (χ2n) is 3.94. The first-order valence-corrected chi connectivity index (χ1v) is 6.52. The van der Waals surface area contributed by atoms with Gasteiger partial charge in [-0.1, -0.05) is 30.8 Å². The number of hydrogen-bond donors (Lipinski definition) is 1. The second-order valence-corrected chi connectivity index (χ2v) is 5.05. The van der Waals surface area contributed by atoms with Crippen LogP contribution in [0.1, 0.15) is 30.8 Å². The molecule has 1 aromatic heterocycles. The maximum atomic E-state index is 9.70. The summed E-state index contributed by atoms with van der Waals surface area (Å²) in [4.78, 5) is 2.29. The van der Waals surface area contributed by atoms with Crippen LogP contribution in [0.3, 0.4) is 0 Å². The SMILES string of the molecule is CC[C@H](O)c1ccc(Sc2ccoc2C)cc1. The van der Waals surface area contributed by atoms with Crippen LogP contribution in [0.4, 0.5) is 0 Å². The molecule has 0 aliphatic rings. The molecule has 0 aliphatic carbocycles. The Bertz CT molecular complexity index is 473. The first kappa shape index (κ1) is 12.3. The molecule has 17 heavy (non-hydrogen) atoms. The van der Waals surface area contributed by atoms with E-state index < -0.39 is 0 Å². The van der Waals surface area contributed by atoms with Crippen LogP contribution in [0, 0.1) is 6.92 Å². The molecule has 0 fully saturated rings. The van der Waals surface area contributed by atoms with Crippen molar-refractivity contribution in [2.45, 2.75) is 36.2 Å². The molecular formula is C14H16O2S. The smallest absolute Gasteiger partial charge is 0.114 e. The van der Waals surface area contributed by atoms with Gasteiger partial charge in [0.25, 0.3) is 0 Å². The average molecular weight is 248 g/mol. The van der Waals surface area contributed by atoms with E-state index in [-0.39, 0.29) is 6.10 Å². The Morgan fingerprint density at radius 3 is 2.47 bits per heavy atom. The van der Waals surface area contributed by atoms with Gasteiger partial charge in [0.05, 0.1) is 17.3 Å². The van der Waals surface area contributed by atoms with Crippen molar-refractivity contribution in [1.82, 2.24) is 0 Å². The van der Waals surface area contributed by atoms with E-state index in [9.17, 15) is 5.11 Å². The van der Waals surface area contributed by atoms with E-state index in [1.807, 2.05) is 44.2 Å². The van der Waals surface area contributed by atoms with Crippen molar-refractivity contribution < 1.29 is 9.52 Å². The fourth-order valence-electron chi connectivity index (χ4n) is 1.60. The molecule has 2 aromatic rings. The molecule has 90 valence electrons. The number of rotatable bonds is 4. The Balaban J connectivity index is 2.11. The lowest BCUT2D eigenvalue weighted by Gasteiger charge is -2.08. The van der Waals surface area contributed by atoms with Crippen molar-refractivity contribution in [2.24, 2.45) is 0 Å². The monoisotopic (exact) mass is 248 g/mol. The van der Waals surface area contributed by atoms with Crippen molar-refractivity contribution in [3.8, 4) is 0 Å². The summed E-state index contributed by atoms with van der Waals surface area (Å²) in [5.74, 6) is 0.938. The normalized spacial score (nSPS) is 12.6. The standard InChI is InChI=1S/C14H16O2S/c1-3-13(15)11-4-6-12(7-5-11)17-14-8-9-16-10(14)2/h4-9,13,15H,3H2,1-2H3/t13-/m0/s1. The average Bonchev–Trinajstić information content (AvgIpc) is 2.75. The minimum Gasteiger partial charge on any atom is -0.468 e. The predicted molar refractivity (Wildman–Crippen MR) is 69.3 cm³/mol. The third-order valence-corrected chi connectivity index (χ3v) is 3.84. The fourth-order valence-corrected chi connectivity index (χ4v) is 2.44. The van der Waals surface area contributed by atoms with Crippen molar-refractivity contribution in [1.29, 1.82) is 0 Å². The van der Waals surface area contributed by atoms with Crippen LogP contribution in [0.15, 0.2) is 50.8 Å². The van der Waals surface area contributed by atoms with Crippen LogP contribution in [0.5, 0.6) is 0 Å². The quantitative estimate of drug-likeness (QED) is 0.881. The molecule has 2 nitrogen and oxygen atoms in total. The van der Waals surface area contributed by atoms with Crippen LogP contribution >= 0.6 is 11.8 Å². The highest BCUT2D eigenvalue weighted by molar-refractivity contribution is 7.99. The van der Waals surface area contributed by atoms with Crippen LogP contribution in [0.2, 0.25) is 0 Å². The van der Waals surface area contributed by atoms with E-state index in [1.165, 1.54) is 0 Å². The van der Waals surface area contributed by atoms with Crippen LogP contribution in [-0.2, 0) is 0 Å². The van der Waals surface area contributed by atoms with Gasteiger partial charge in [0.2, 0.25) is 0 Å². The summed E-state index contributed by atoms with van der Waals surface area (Å²) in [6.07, 6.45) is 2.09. The van der Waals surface area contributed by atoms with Crippen molar-refractivity contribution >= 4 is 11.8 Å². The summed E-state index contributed by atoms with van der Waals surface area (Å²) in [6, 6.07) is 9.99. The molecular weight excluding hydrogens is 232 g/mol. The molecule has 0 saturated carbocycles. The summed E-state index contributed by atoms with van der Waals surface area (Å²) >= 11 is 1.67. The van der Waals surface area contributed by atoms with E-state index in [0.29, 0.717) is 0 Å². The van der Waals surface area contributed by atoms with E-state index in [4.69, 9.17) is 4.42 Å². The predicted octanol–water partition coefficient (Wildman–Crippen LogP) is 4.18. The van der Waals surface area contributed by atoms with E-state index in [2.05, 4.69) is 0 Å². The maximum absolute atomic E-state index is 9.70. The fraction of sp³-hybridized carbons (Fsp3) is 0.286. The highest BCUT2D eigenvalue weighted by Crippen LogP contribution is 2.31. The van der Waals surface area contributed by atoms with Crippen molar-refractivity contribution in [2.75, 3.05) is 0 Å². The molecule has 1 N–H and O–H groups in total. The zero-order valence-corrected chi connectivity index (χ0v) is 10.8. The Morgan fingerprint density at radius 2 is 1.94 bits per heavy atom. The lowest BCUT2D eigenvalue weighted by Crippen LogP contribution is -1.93. The van der Waals surface area contributed by atoms with Crippen LogP contribution in [0.25, 0.3) is 0 Å². The Morgan fingerprint density at radius 1 is 1.24 bits per heavy atom. The number of hydrogen-bond acceptors (Lipinski definition) is 3. The third kappa shape index (κ3) is 2.93. The van der Waals surface area contributed by atoms with Gasteiger partial charge >= 0.3 is 0 Å². The largest absolute Gasteiger partial charge is 0.468 e. The lowest BCUT2D eigenvalue weighted by atomic mass is 10.1. The number of aliphatic hydroxyl groups is 1. The van der Waals surface area contributed by atoms with Gasteiger partial charge < -0.3 is 9.52 Å². The van der Waals surface area contributed by atoms with Gasteiger partial charge in [0.1, 0.15) is 5.76 Å². The highest BCUT2D eigenvalue weighted by atomic mass is 32.2. The third-order valence-electron chi connectivity index (χ3n) is 2.69. The van der Waals surface area contributed by atoms with Crippen LogP contribution < -0.4 is 0 Å². The topological polar surface area (TPSA) is 33.4 Å². The molecule has 1 aromatic carbocycles. The van der Waals surface area contributed by atoms with Crippen molar-refractivity contribution in [3.05, 3.63) is 47.9 Å². The van der Waals surface area contributed by atoms with Gasteiger partial charge in [0, 0.05) is 4.90 Å². The van der Waals surface area contributed by atoms with Gasteiger partial charge in [-0.05, 0) is 37.1 Å². The summed E-state index contributed by atoms with van der Waals surface area (Å²) in [5.41, 5.74) is 0.973. The molecule has 0 radical (unpaired) electrons. The molecule has 0 amide bonds. The molecule has 0 bridgehead atoms. The van der Waals surface area contributed by atoms with Gasteiger partial charge in [-0.15, -0.1) is 0 Å². The van der Waals surface area contributed by atoms with Gasteiger partial charge in [-0.2, -0.15) is 0 Å². The first-order chi connectivity index (χ1) is 8.20. The second kappa shape index (κ2) is 5.43. The molecule has 1 atom stereocenters. The lowest BCUT2D eigenvalue weighted by molar-refractivity contribution is 0.173. The molecule has 0 saturated heterocycles. The molecule has 0 unspecified atom stereocenters. The minimum absolute atomic E-state index is 0.357. The summed E-state index contributed by atoms with van der Waals surface area (Å²) in [7, 11) is 0. The van der Waals surface area contributed by atoms with Gasteiger partial charge in [-0.3, -0.25) is 0 Å².